The fourth-order valence-electron chi connectivity index (χ4n) is 10.5. The van der Waals surface area contributed by atoms with Gasteiger partial charge in [-0.2, -0.15) is 0 Å². The van der Waals surface area contributed by atoms with E-state index >= 15 is 0 Å². The van der Waals surface area contributed by atoms with Gasteiger partial charge in [-0.25, -0.2) is 4.98 Å². The number of carbonyl (C=O) groups excluding carboxylic acids is 1. The molecular weight excluding hydrogens is 765 g/mol. The number of benzene rings is 2. The Morgan fingerprint density at radius 2 is 1.88 bits per heavy atom. The molecule has 1 atom stereocenters. The summed E-state index contributed by atoms with van der Waals surface area (Å²) >= 11 is 1.03. The average Bonchev–Trinajstić information content (AvgIpc) is 3.67. The minimum atomic E-state index is -0.412. The Morgan fingerprint density at radius 1 is 1.07 bits per heavy atom. The van der Waals surface area contributed by atoms with Crippen LogP contribution in [-0.2, 0) is 4.74 Å². The first-order valence-electron chi connectivity index (χ1n) is 21.1. The van der Waals surface area contributed by atoms with Gasteiger partial charge in [0.05, 0.1) is 29.4 Å². The molecule has 2 saturated heterocycles. The first kappa shape index (κ1) is 39.8. The highest BCUT2D eigenvalue weighted by Crippen LogP contribution is 2.77. The molecule has 14 heteroatoms. The number of piperazine rings is 1. The highest BCUT2D eigenvalue weighted by Gasteiger charge is 2.66. The number of H-pyrrole nitrogens is 1. The van der Waals surface area contributed by atoms with Gasteiger partial charge in [-0.15, -0.1) is 0 Å². The minimum Gasteiger partial charge on any atom is -0.455 e. The number of aromatic amines is 1. The number of morpholine rings is 1. The molecule has 10 rings (SSSR count). The van der Waals surface area contributed by atoms with Gasteiger partial charge in [0.2, 0.25) is 0 Å². The van der Waals surface area contributed by atoms with Crippen molar-refractivity contribution in [2.24, 2.45) is 16.2 Å². The summed E-state index contributed by atoms with van der Waals surface area (Å²) in [6, 6.07) is 14.5. The van der Waals surface area contributed by atoms with Gasteiger partial charge in [0.1, 0.15) is 22.8 Å². The van der Waals surface area contributed by atoms with Crippen molar-refractivity contribution in [1.82, 2.24) is 24.5 Å². The first-order valence-corrected chi connectivity index (χ1v) is 21.9. The quantitative estimate of drug-likeness (QED) is 0.0520. The van der Waals surface area contributed by atoms with Crippen LogP contribution in [-0.4, -0.2) is 103 Å². The molecule has 0 radical (unpaired) electrons. The van der Waals surface area contributed by atoms with Crippen molar-refractivity contribution < 1.29 is 19.2 Å². The first-order chi connectivity index (χ1) is 28.3. The van der Waals surface area contributed by atoms with Crippen molar-refractivity contribution in [1.29, 1.82) is 0 Å². The number of nitro groups is 1. The molecule has 2 aliphatic heterocycles. The number of aromatic nitrogens is 2. The topological polar surface area (TPSA) is 141 Å². The smallest absolute Gasteiger partial charge is 0.293 e. The Kier molecular flexibility index (Phi) is 10.6. The molecule has 13 nitrogen and oxygen atoms in total. The summed E-state index contributed by atoms with van der Waals surface area (Å²) in [5.41, 5.74) is 7.44. The van der Waals surface area contributed by atoms with Crippen LogP contribution in [0.15, 0.2) is 77.0 Å². The maximum Gasteiger partial charge on any atom is 0.293 e. The van der Waals surface area contributed by atoms with Crippen LogP contribution >= 0.6 is 11.9 Å². The van der Waals surface area contributed by atoms with Crippen molar-refractivity contribution in [3.63, 3.8) is 0 Å². The van der Waals surface area contributed by atoms with Crippen LogP contribution < -0.4 is 19.7 Å². The number of allylic oxidation sites excluding steroid dienone is 1. The summed E-state index contributed by atoms with van der Waals surface area (Å²) in [4.78, 5) is 40.9. The highest BCUT2D eigenvalue weighted by molar-refractivity contribution is 7.98. The number of pyridine rings is 1. The van der Waals surface area contributed by atoms with Crippen LogP contribution in [0.2, 0.25) is 0 Å². The number of ether oxygens (including phenoxy) is 2. The molecule has 4 aliphatic carbocycles. The van der Waals surface area contributed by atoms with E-state index in [1.54, 1.807) is 30.0 Å². The second kappa shape index (κ2) is 15.8. The van der Waals surface area contributed by atoms with Gasteiger partial charge >= 0.3 is 0 Å². The summed E-state index contributed by atoms with van der Waals surface area (Å²) < 4.78 is 15.2. The zero-order valence-corrected chi connectivity index (χ0v) is 35.5. The molecule has 2 bridgehead atoms. The van der Waals surface area contributed by atoms with E-state index in [9.17, 15) is 14.9 Å². The average molecular weight is 821 g/mol. The van der Waals surface area contributed by atoms with Crippen molar-refractivity contribution in [2.45, 2.75) is 70.3 Å². The van der Waals surface area contributed by atoms with Crippen LogP contribution in [0.1, 0.15) is 69.7 Å². The molecule has 59 heavy (non-hydrogen) atoms. The van der Waals surface area contributed by atoms with Crippen LogP contribution in [0.4, 0.5) is 17.1 Å². The number of hydrogen-bond donors (Lipinski definition) is 3. The van der Waals surface area contributed by atoms with E-state index in [1.807, 2.05) is 43.1 Å². The molecule has 6 aliphatic rings. The number of hydrogen-bond acceptors (Lipinski definition) is 11. The Hall–Kier alpha value is -4.63. The number of amides is 1. The van der Waals surface area contributed by atoms with Crippen LogP contribution in [0, 0.1) is 26.4 Å². The van der Waals surface area contributed by atoms with E-state index in [0.717, 1.165) is 74.5 Å². The Bertz CT molecular complexity index is 2260. The number of anilines is 2. The number of fused-ring (bicyclic) bond motifs is 1. The zero-order chi connectivity index (χ0) is 40.9. The van der Waals surface area contributed by atoms with Gasteiger partial charge < -0.3 is 29.6 Å². The second-order valence-corrected chi connectivity index (χ2v) is 19.7. The maximum atomic E-state index is 13.9. The number of nitro benzene ring substituents is 1. The number of carbonyl (C=O) groups is 1. The molecule has 3 saturated carbocycles. The normalized spacial score (nSPS) is 25.6. The van der Waals surface area contributed by atoms with Crippen molar-refractivity contribution in [2.75, 3.05) is 76.2 Å². The molecule has 1 amide bonds. The van der Waals surface area contributed by atoms with Crippen molar-refractivity contribution in [3.05, 3.63) is 87.7 Å². The molecule has 3 N–H and O–H groups in total. The molecule has 1 unspecified atom stereocenters. The lowest BCUT2D eigenvalue weighted by molar-refractivity contribution is -0.384. The monoisotopic (exact) mass is 820 g/mol. The molecule has 2 aromatic heterocycles. The van der Waals surface area contributed by atoms with Crippen LogP contribution in [0.5, 0.6) is 11.5 Å². The van der Waals surface area contributed by atoms with Gasteiger partial charge in [-0.1, -0.05) is 31.9 Å². The van der Waals surface area contributed by atoms with E-state index in [-0.39, 0.29) is 17.7 Å². The van der Waals surface area contributed by atoms with Crippen molar-refractivity contribution in [3.8, 4) is 11.5 Å². The maximum absolute atomic E-state index is 13.9. The zero-order valence-electron chi connectivity index (χ0n) is 34.6. The summed E-state index contributed by atoms with van der Waals surface area (Å²) in [5.74, 6) is 0.549. The molecule has 4 aromatic rings. The van der Waals surface area contributed by atoms with Crippen LogP contribution in [0.25, 0.3) is 11.0 Å². The Balaban J connectivity index is 0.886. The summed E-state index contributed by atoms with van der Waals surface area (Å²) in [6.45, 7) is 14.8. The lowest BCUT2D eigenvalue weighted by Gasteiger charge is -2.72. The molecular formula is C45H56N8O5S. The van der Waals surface area contributed by atoms with Crippen molar-refractivity contribution >= 4 is 46.0 Å². The molecule has 4 heterocycles. The second-order valence-electron chi connectivity index (χ2n) is 18.8. The molecule has 0 spiro atoms. The summed E-state index contributed by atoms with van der Waals surface area (Å²) in [5, 5.41) is 16.2. The fourth-order valence-corrected chi connectivity index (χ4v) is 11.1. The summed E-state index contributed by atoms with van der Waals surface area (Å²) in [7, 11) is 2.03. The number of rotatable bonds is 13. The number of nitrogens with one attached hydrogen (secondary N) is 3. The van der Waals surface area contributed by atoms with Crippen LogP contribution in [0.3, 0.4) is 0 Å². The standard InChI is InChI=1S/C45H56N8O5S/c1-43(2)11-9-31(37(22-43)45-27-44(3,28-45)29-45)25-51-13-15-52(16-14-51)32-5-7-36(40(20-32)58-33-19-30-10-12-46-41(30)48-23-33)42(54)49-59-35-6-8-38(39(21-35)53(55)56)47-24-34-26-50(4)17-18-57-34/h5-8,10,12,19-21,23,34,47H,9,11,13-18,22,24-29H2,1-4H3,(H,46,48)(H,49,54). The lowest BCUT2D eigenvalue weighted by atomic mass is 9.33. The largest absolute Gasteiger partial charge is 0.455 e. The predicted octanol–water partition coefficient (Wildman–Crippen LogP) is 8.26. The van der Waals surface area contributed by atoms with Gasteiger partial charge in [0.25, 0.3) is 11.6 Å². The minimum absolute atomic E-state index is 0.0640. The number of likely N-dealkylation sites (N-methyl/N-ethyl adjacent to an activating group) is 1. The Labute approximate surface area is 350 Å². The van der Waals surface area contributed by atoms with E-state index in [4.69, 9.17) is 9.47 Å². The van der Waals surface area contributed by atoms with E-state index in [1.165, 1.54) is 44.6 Å². The molecule has 5 fully saturated rings. The third kappa shape index (κ3) is 8.41. The predicted molar refractivity (Wildman–Crippen MR) is 232 cm³/mol. The van der Waals surface area contributed by atoms with Gasteiger partial charge in [-0.05, 0) is 110 Å². The fraction of sp³-hybridized carbons (Fsp3) is 0.511. The van der Waals surface area contributed by atoms with Gasteiger partial charge in [0.15, 0.2) is 0 Å². The van der Waals surface area contributed by atoms with Gasteiger partial charge in [0, 0.05) is 86.7 Å². The van der Waals surface area contributed by atoms with E-state index in [0.29, 0.717) is 57.0 Å². The lowest BCUT2D eigenvalue weighted by Crippen LogP contribution is -2.61. The SMILES string of the molecule is CN1CCOC(CNc2ccc(SNC(=O)c3ccc(N4CCN(CC5=C(C67CC(C)(C6)C7)CC(C)(C)CC5)CC4)cc3Oc3cnc4[nH]ccc4c3)cc2[N+](=O)[O-])C1. The third-order valence-corrected chi connectivity index (χ3v) is 14.2. The molecule has 312 valence electrons. The highest BCUT2D eigenvalue weighted by atomic mass is 32.2. The van der Waals surface area contributed by atoms with E-state index in [2.05, 4.69) is 55.5 Å². The summed E-state index contributed by atoms with van der Waals surface area (Å²) in [6.07, 6.45) is 11.3. The van der Waals surface area contributed by atoms with E-state index < -0.39 is 4.92 Å². The van der Waals surface area contributed by atoms with Gasteiger partial charge in [-0.3, -0.25) is 24.5 Å². The Morgan fingerprint density at radius 3 is 2.64 bits per heavy atom. The molecule has 2 aromatic carbocycles. The third-order valence-electron chi connectivity index (χ3n) is 13.4. The number of nitrogens with zero attached hydrogens (tertiary/aromatic N) is 5.